The van der Waals surface area contributed by atoms with E-state index in [9.17, 15) is 0 Å². The minimum absolute atomic E-state index is 0.186. The van der Waals surface area contributed by atoms with Crippen LogP contribution >= 0.6 is 0 Å². The van der Waals surface area contributed by atoms with E-state index in [1.54, 1.807) is 10.9 Å². The number of nitrogens with zero attached hydrogens (tertiary/aromatic N) is 4. The SMILES string of the molecule is Cc1nn(C(C)C)c(Oc2cnn(C(C)C)c2)c1N. The fraction of sp³-hybridized carbons (Fsp3) is 0.538. The number of hydrogen-bond acceptors (Lipinski definition) is 4. The lowest BCUT2D eigenvalue weighted by Gasteiger charge is -2.11. The summed E-state index contributed by atoms with van der Waals surface area (Å²) in [5.41, 5.74) is 7.37. The summed E-state index contributed by atoms with van der Waals surface area (Å²) in [5.74, 6) is 1.25. The summed E-state index contributed by atoms with van der Waals surface area (Å²) in [6.07, 6.45) is 3.55. The highest BCUT2D eigenvalue weighted by Crippen LogP contribution is 2.32. The van der Waals surface area contributed by atoms with E-state index in [0.29, 0.717) is 23.4 Å². The number of nitrogen functional groups attached to an aromatic ring is 1. The van der Waals surface area contributed by atoms with Crippen LogP contribution in [0, 0.1) is 6.92 Å². The third-order valence-corrected chi connectivity index (χ3v) is 2.90. The molecule has 2 aromatic rings. The fourth-order valence-electron chi connectivity index (χ4n) is 1.76. The molecule has 2 rings (SSSR count). The van der Waals surface area contributed by atoms with E-state index < -0.39 is 0 Å². The fourth-order valence-corrected chi connectivity index (χ4v) is 1.76. The van der Waals surface area contributed by atoms with Crippen LogP contribution in [0.1, 0.15) is 45.5 Å². The first-order chi connectivity index (χ1) is 8.90. The minimum atomic E-state index is 0.186. The van der Waals surface area contributed by atoms with Crippen molar-refractivity contribution in [2.75, 3.05) is 5.73 Å². The van der Waals surface area contributed by atoms with E-state index in [4.69, 9.17) is 10.5 Å². The van der Waals surface area contributed by atoms with Gasteiger partial charge in [0.1, 0.15) is 5.69 Å². The molecule has 0 aliphatic rings. The van der Waals surface area contributed by atoms with Crippen molar-refractivity contribution in [3.63, 3.8) is 0 Å². The molecule has 0 unspecified atom stereocenters. The van der Waals surface area contributed by atoms with Crippen molar-refractivity contribution < 1.29 is 4.74 Å². The van der Waals surface area contributed by atoms with Crippen LogP contribution in [-0.4, -0.2) is 19.6 Å². The molecule has 0 fully saturated rings. The first-order valence-electron chi connectivity index (χ1n) is 6.46. The topological polar surface area (TPSA) is 70.9 Å². The summed E-state index contributed by atoms with van der Waals surface area (Å²) in [6, 6.07) is 0.484. The Balaban J connectivity index is 2.31. The molecule has 0 radical (unpaired) electrons. The van der Waals surface area contributed by atoms with Gasteiger partial charge < -0.3 is 10.5 Å². The van der Waals surface area contributed by atoms with Gasteiger partial charge >= 0.3 is 0 Å². The highest BCUT2D eigenvalue weighted by molar-refractivity contribution is 5.53. The van der Waals surface area contributed by atoms with Crippen molar-refractivity contribution in [1.82, 2.24) is 19.6 Å². The van der Waals surface area contributed by atoms with E-state index in [1.165, 1.54) is 0 Å². The van der Waals surface area contributed by atoms with Crippen molar-refractivity contribution in [3.8, 4) is 11.6 Å². The number of ether oxygens (including phenoxy) is 1. The molecular weight excluding hydrogens is 242 g/mol. The number of hydrogen-bond donors (Lipinski definition) is 1. The lowest BCUT2D eigenvalue weighted by atomic mass is 10.4. The van der Waals surface area contributed by atoms with Gasteiger partial charge in [-0.05, 0) is 34.6 Å². The summed E-state index contributed by atoms with van der Waals surface area (Å²) >= 11 is 0. The van der Waals surface area contributed by atoms with E-state index in [2.05, 4.69) is 24.0 Å². The molecule has 0 aromatic carbocycles. The average Bonchev–Trinajstić information content (AvgIpc) is 2.89. The van der Waals surface area contributed by atoms with Crippen LogP contribution in [0.5, 0.6) is 11.6 Å². The van der Waals surface area contributed by atoms with Crippen molar-refractivity contribution in [2.45, 2.75) is 46.7 Å². The number of rotatable bonds is 4. The Kier molecular flexibility index (Phi) is 3.50. The van der Waals surface area contributed by atoms with Gasteiger partial charge in [-0.15, -0.1) is 0 Å². The number of aryl methyl sites for hydroxylation is 1. The Morgan fingerprint density at radius 1 is 1.21 bits per heavy atom. The van der Waals surface area contributed by atoms with Gasteiger partial charge in [0, 0.05) is 6.04 Å². The second kappa shape index (κ2) is 4.95. The van der Waals surface area contributed by atoms with Gasteiger partial charge in [0.25, 0.3) is 0 Å². The molecule has 0 saturated carbocycles. The van der Waals surface area contributed by atoms with E-state index in [0.717, 1.165) is 5.69 Å². The molecule has 0 bridgehead atoms. The predicted molar refractivity (Wildman–Crippen MR) is 74.4 cm³/mol. The van der Waals surface area contributed by atoms with Crippen LogP contribution in [0.25, 0.3) is 0 Å². The second-order valence-corrected chi connectivity index (χ2v) is 5.19. The lowest BCUT2D eigenvalue weighted by Crippen LogP contribution is -2.05. The Hall–Kier alpha value is -1.98. The van der Waals surface area contributed by atoms with Crippen molar-refractivity contribution in [2.24, 2.45) is 0 Å². The van der Waals surface area contributed by atoms with Crippen LogP contribution in [0.15, 0.2) is 12.4 Å². The third kappa shape index (κ3) is 2.57. The number of aromatic nitrogens is 4. The van der Waals surface area contributed by atoms with Crippen LogP contribution in [0.4, 0.5) is 5.69 Å². The molecule has 2 aromatic heterocycles. The smallest absolute Gasteiger partial charge is 0.241 e. The summed E-state index contributed by atoms with van der Waals surface area (Å²) < 4.78 is 9.48. The zero-order valence-electron chi connectivity index (χ0n) is 12.1. The van der Waals surface area contributed by atoms with Crippen LogP contribution in [0.3, 0.4) is 0 Å². The summed E-state index contributed by atoms with van der Waals surface area (Å²) in [5, 5.41) is 8.63. The van der Waals surface area contributed by atoms with Gasteiger partial charge in [0.15, 0.2) is 5.75 Å². The normalized spacial score (nSPS) is 11.5. The number of nitrogens with two attached hydrogens (primary N) is 1. The molecular formula is C13H21N5O. The highest BCUT2D eigenvalue weighted by atomic mass is 16.5. The Morgan fingerprint density at radius 3 is 2.42 bits per heavy atom. The summed E-state index contributed by atoms with van der Waals surface area (Å²) in [7, 11) is 0. The molecule has 0 saturated heterocycles. The van der Waals surface area contributed by atoms with Gasteiger partial charge in [0.2, 0.25) is 5.88 Å². The maximum Gasteiger partial charge on any atom is 0.241 e. The van der Waals surface area contributed by atoms with Crippen LogP contribution in [-0.2, 0) is 0 Å². The van der Waals surface area contributed by atoms with Crippen molar-refractivity contribution in [3.05, 3.63) is 18.1 Å². The molecule has 2 N–H and O–H groups in total. The van der Waals surface area contributed by atoms with Crippen molar-refractivity contribution in [1.29, 1.82) is 0 Å². The zero-order chi connectivity index (χ0) is 14.2. The zero-order valence-corrected chi connectivity index (χ0v) is 12.1. The van der Waals surface area contributed by atoms with E-state index >= 15 is 0 Å². The van der Waals surface area contributed by atoms with Crippen molar-refractivity contribution >= 4 is 5.69 Å². The molecule has 104 valence electrons. The molecule has 0 atom stereocenters. The monoisotopic (exact) mass is 263 g/mol. The molecule has 19 heavy (non-hydrogen) atoms. The van der Waals surface area contributed by atoms with Crippen LogP contribution < -0.4 is 10.5 Å². The van der Waals surface area contributed by atoms with Gasteiger partial charge in [-0.2, -0.15) is 10.2 Å². The van der Waals surface area contributed by atoms with Gasteiger partial charge in [-0.1, -0.05) is 0 Å². The molecule has 0 aliphatic heterocycles. The average molecular weight is 263 g/mol. The maximum atomic E-state index is 6.02. The van der Waals surface area contributed by atoms with Gasteiger partial charge in [0.05, 0.1) is 24.1 Å². The van der Waals surface area contributed by atoms with E-state index in [-0.39, 0.29) is 6.04 Å². The second-order valence-electron chi connectivity index (χ2n) is 5.19. The first kappa shape index (κ1) is 13.5. The first-order valence-corrected chi connectivity index (χ1v) is 6.46. The minimum Gasteiger partial charge on any atom is -0.434 e. The molecule has 0 aliphatic carbocycles. The largest absolute Gasteiger partial charge is 0.434 e. The Labute approximate surface area is 113 Å². The van der Waals surface area contributed by atoms with E-state index in [1.807, 2.05) is 31.6 Å². The van der Waals surface area contributed by atoms with Gasteiger partial charge in [-0.25, -0.2) is 4.68 Å². The predicted octanol–water partition coefficient (Wildman–Crippen LogP) is 2.92. The molecule has 0 amide bonds. The molecule has 2 heterocycles. The Morgan fingerprint density at radius 2 is 1.89 bits per heavy atom. The quantitative estimate of drug-likeness (QED) is 0.920. The van der Waals surface area contributed by atoms with Crippen LogP contribution in [0.2, 0.25) is 0 Å². The third-order valence-electron chi connectivity index (χ3n) is 2.90. The summed E-state index contributed by atoms with van der Waals surface area (Å²) in [6.45, 7) is 10.1. The lowest BCUT2D eigenvalue weighted by molar-refractivity contribution is 0.388. The molecule has 6 nitrogen and oxygen atoms in total. The standard InChI is InChI=1S/C13H21N5O/c1-8(2)17-7-11(6-15-17)19-13-12(14)10(5)16-18(13)9(3)4/h6-9H,14H2,1-5H3. The summed E-state index contributed by atoms with van der Waals surface area (Å²) in [4.78, 5) is 0. The van der Waals surface area contributed by atoms with Gasteiger partial charge in [-0.3, -0.25) is 4.68 Å². The molecule has 0 spiro atoms. The molecule has 6 heteroatoms. The maximum absolute atomic E-state index is 6.02. The number of anilines is 1. The highest BCUT2D eigenvalue weighted by Gasteiger charge is 2.17. The Bertz CT molecular complexity index is 568.